The number of carbonyl (C=O) groups is 1. The van der Waals surface area contributed by atoms with Crippen LogP contribution in [-0.4, -0.2) is 25.0 Å². The average molecular weight is 307 g/mol. The van der Waals surface area contributed by atoms with Gasteiger partial charge in [-0.1, -0.05) is 18.2 Å². The van der Waals surface area contributed by atoms with Crippen molar-refractivity contribution in [3.05, 3.63) is 54.2 Å². The Labute approximate surface area is 134 Å². The lowest BCUT2D eigenvalue weighted by atomic mass is 9.99. The van der Waals surface area contributed by atoms with Gasteiger partial charge in [0.1, 0.15) is 0 Å². The van der Waals surface area contributed by atoms with Crippen LogP contribution < -0.4 is 9.47 Å². The summed E-state index contributed by atoms with van der Waals surface area (Å²) in [5, 5.41) is 1.03. The third kappa shape index (κ3) is 2.75. The van der Waals surface area contributed by atoms with Crippen LogP contribution in [0.5, 0.6) is 11.5 Å². The number of ketones is 1. The van der Waals surface area contributed by atoms with E-state index in [0.717, 1.165) is 22.0 Å². The second-order valence-electron chi connectivity index (χ2n) is 5.23. The summed E-state index contributed by atoms with van der Waals surface area (Å²) in [4.78, 5) is 16.3. The van der Waals surface area contributed by atoms with Gasteiger partial charge in [0.2, 0.25) is 0 Å². The van der Waals surface area contributed by atoms with Crippen LogP contribution >= 0.6 is 0 Å². The maximum atomic E-state index is 11.8. The molecule has 23 heavy (non-hydrogen) atoms. The number of rotatable bonds is 4. The van der Waals surface area contributed by atoms with E-state index >= 15 is 0 Å². The fourth-order valence-electron chi connectivity index (χ4n) is 2.60. The molecule has 0 atom stereocenters. The number of methoxy groups -OCH3 is 2. The van der Waals surface area contributed by atoms with Crippen LogP contribution in [0.15, 0.2) is 48.7 Å². The first-order valence-electron chi connectivity index (χ1n) is 7.26. The summed E-state index contributed by atoms with van der Waals surface area (Å²) in [5.41, 5.74) is 3.16. The standard InChI is InChI=1S/C19H17NO3/c1-12(21)14-9-16(19(23-3)18(10-14)22-2)15-8-13-6-4-5-7-17(13)20-11-15/h4-11H,1-3H3. The summed E-state index contributed by atoms with van der Waals surface area (Å²) in [6.07, 6.45) is 1.78. The molecule has 3 rings (SSSR count). The van der Waals surface area contributed by atoms with E-state index in [-0.39, 0.29) is 5.78 Å². The molecule has 1 aromatic heterocycles. The highest BCUT2D eigenvalue weighted by atomic mass is 16.5. The molecule has 0 saturated carbocycles. The highest BCUT2D eigenvalue weighted by molar-refractivity contribution is 5.97. The number of hydrogen-bond acceptors (Lipinski definition) is 4. The Morgan fingerprint density at radius 1 is 1.04 bits per heavy atom. The number of fused-ring (bicyclic) bond motifs is 1. The minimum Gasteiger partial charge on any atom is -0.493 e. The molecule has 0 amide bonds. The van der Waals surface area contributed by atoms with Crippen LogP contribution in [0.2, 0.25) is 0 Å². The number of nitrogens with zero attached hydrogens (tertiary/aromatic N) is 1. The molecule has 0 unspecified atom stereocenters. The van der Waals surface area contributed by atoms with Crippen molar-refractivity contribution in [1.82, 2.24) is 4.98 Å². The minimum atomic E-state index is -0.0269. The molecule has 0 aliphatic heterocycles. The predicted octanol–water partition coefficient (Wildman–Crippen LogP) is 4.12. The van der Waals surface area contributed by atoms with Gasteiger partial charge in [0, 0.05) is 28.3 Å². The Bertz CT molecular complexity index is 887. The number of benzene rings is 2. The minimum absolute atomic E-state index is 0.0269. The summed E-state index contributed by atoms with van der Waals surface area (Å²) >= 11 is 0. The first-order chi connectivity index (χ1) is 11.1. The van der Waals surface area contributed by atoms with E-state index in [1.54, 1.807) is 26.5 Å². The largest absolute Gasteiger partial charge is 0.493 e. The van der Waals surface area contributed by atoms with Gasteiger partial charge in [0.05, 0.1) is 19.7 Å². The van der Waals surface area contributed by atoms with Crippen molar-refractivity contribution in [2.45, 2.75) is 6.92 Å². The van der Waals surface area contributed by atoms with Gasteiger partial charge in [0.15, 0.2) is 17.3 Å². The molecule has 0 spiro atoms. The monoisotopic (exact) mass is 307 g/mol. The molecule has 0 fully saturated rings. The molecular weight excluding hydrogens is 290 g/mol. The van der Waals surface area contributed by atoms with Crippen molar-refractivity contribution < 1.29 is 14.3 Å². The molecular formula is C19H17NO3. The van der Waals surface area contributed by atoms with E-state index in [1.165, 1.54) is 6.92 Å². The molecule has 0 aliphatic rings. The van der Waals surface area contributed by atoms with Gasteiger partial charge < -0.3 is 9.47 Å². The molecule has 1 heterocycles. The lowest BCUT2D eigenvalue weighted by molar-refractivity contribution is 0.101. The Balaban J connectivity index is 2.26. The van der Waals surface area contributed by atoms with E-state index in [1.807, 2.05) is 36.4 Å². The summed E-state index contributed by atoms with van der Waals surface area (Å²) in [7, 11) is 3.15. The van der Waals surface area contributed by atoms with E-state index in [2.05, 4.69) is 4.98 Å². The summed E-state index contributed by atoms with van der Waals surface area (Å²) in [6, 6.07) is 13.4. The van der Waals surface area contributed by atoms with E-state index in [9.17, 15) is 4.79 Å². The Kier molecular flexibility index (Phi) is 3.98. The van der Waals surface area contributed by atoms with Gasteiger partial charge in [0.25, 0.3) is 0 Å². The van der Waals surface area contributed by atoms with Gasteiger partial charge in [-0.3, -0.25) is 9.78 Å². The Hall–Kier alpha value is -2.88. The maximum Gasteiger partial charge on any atom is 0.168 e. The SMILES string of the molecule is COc1cc(C(C)=O)cc(-c2cnc3ccccc3c2)c1OC. The Morgan fingerprint density at radius 2 is 1.83 bits per heavy atom. The van der Waals surface area contributed by atoms with Crippen molar-refractivity contribution in [2.24, 2.45) is 0 Å². The van der Waals surface area contributed by atoms with Crippen LogP contribution in [0, 0.1) is 0 Å². The second-order valence-corrected chi connectivity index (χ2v) is 5.23. The molecule has 0 radical (unpaired) electrons. The van der Waals surface area contributed by atoms with Crippen LogP contribution in [0.25, 0.3) is 22.0 Å². The highest BCUT2D eigenvalue weighted by Crippen LogP contribution is 2.39. The first-order valence-corrected chi connectivity index (χ1v) is 7.26. The summed E-state index contributed by atoms with van der Waals surface area (Å²) < 4.78 is 10.9. The van der Waals surface area contributed by atoms with Crippen LogP contribution in [0.3, 0.4) is 0 Å². The van der Waals surface area contributed by atoms with E-state index < -0.39 is 0 Å². The molecule has 2 aromatic carbocycles. The lowest BCUT2D eigenvalue weighted by Gasteiger charge is -2.14. The molecule has 4 nitrogen and oxygen atoms in total. The molecule has 0 aliphatic carbocycles. The summed E-state index contributed by atoms with van der Waals surface area (Å²) in [5.74, 6) is 1.10. The first kappa shape index (κ1) is 15.0. The van der Waals surface area contributed by atoms with E-state index in [0.29, 0.717) is 17.1 Å². The number of ether oxygens (including phenoxy) is 2. The topological polar surface area (TPSA) is 48.4 Å². The molecule has 116 valence electrons. The number of Topliss-reactive ketones (excluding diaryl/α,β-unsaturated/α-hetero) is 1. The van der Waals surface area contributed by atoms with Crippen LogP contribution in [0.1, 0.15) is 17.3 Å². The lowest BCUT2D eigenvalue weighted by Crippen LogP contribution is -1.99. The van der Waals surface area contributed by atoms with Crippen molar-refractivity contribution in [3.8, 4) is 22.6 Å². The van der Waals surface area contributed by atoms with E-state index in [4.69, 9.17) is 9.47 Å². The van der Waals surface area contributed by atoms with Crippen molar-refractivity contribution >= 4 is 16.7 Å². The van der Waals surface area contributed by atoms with Crippen LogP contribution in [0.4, 0.5) is 0 Å². The number of aromatic nitrogens is 1. The number of pyridine rings is 1. The number of hydrogen-bond donors (Lipinski definition) is 0. The third-order valence-corrected chi connectivity index (χ3v) is 3.79. The van der Waals surface area contributed by atoms with Gasteiger partial charge in [-0.05, 0) is 31.2 Å². The fourth-order valence-corrected chi connectivity index (χ4v) is 2.60. The van der Waals surface area contributed by atoms with Gasteiger partial charge in [-0.15, -0.1) is 0 Å². The normalized spacial score (nSPS) is 10.6. The quantitative estimate of drug-likeness (QED) is 0.680. The highest BCUT2D eigenvalue weighted by Gasteiger charge is 2.16. The zero-order valence-corrected chi connectivity index (χ0v) is 13.3. The maximum absolute atomic E-state index is 11.8. The third-order valence-electron chi connectivity index (χ3n) is 3.79. The molecule has 0 bridgehead atoms. The zero-order valence-electron chi connectivity index (χ0n) is 13.3. The second kappa shape index (κ2) is 6.08. The zero-order chi connectivity index (χ0) is 16.4. The van der Waals surface area contributed by atoms with Gasteiger partial charge in [-0.2, -0.15) is 0 Å². The molecule has 4 heteroatoms. The van der Waals surface area contributed by atoms with Gasteiger partial charge >= 0.3 is 0 Å². The van der Waals surface area contributed by atoms with Crippen molar-refractivity contribution in [3.63, 3.8) is 0 Å². The average Bonchev–Trinajstić information content (AvgIpc) is 2.59. The Morgan fingerprint density at radius 3 is 2.52 bits per heavy atom. The number of carbonyl (C=O) groups excluding carboxylic acids is 1. The molecule has 3 aromatic rings. The van der Waals surface area contributed by atoms with Gasteiger partial charge in [-0.25, -0.2) is 0 Å². The smallest absolute Gasteiger partial charge is 0.168 e. The molecule has 0 N–H and O–H groups in total. The predicted molar refractivity (Wildman–Crippen MR) is 90.3 cm³/mol. The molecule has 0 saturated heterocycles. The summed E-state index contributed by atoms with van der Waals surface area (Å²) in [6.45, 7) is 1.53. The van der Waals surface area contributed by atoms with Crippen molar-refractivity contribution in [1.29, 1.82) is 0 Å². The fraction of sp³-hybridized carbons (Fsp3) is 0.158. The number of para-hydroxylation sites is 1. The van der Waals surface area contributed by atoms with Crippen LogP contribution in [-0.2, 0) is 0 Å². The van der Waals surface area contributed by atoms with Crippen molar-refractivity contribution in [2.75, 3.05) is 14.2 Å².